The van der Waals surface area contributed by atoms with Crippen LogP contribution in [0.1, 0.15) is 194 Å². The highest BCUT2D eigenvalue weighted by molar-refractivity contribution is 5.76. The second kappa shape index (κ2) is 36.4. The van der Waals surface area contributed by atoms with E-state index >= 15 is 0 Å². The molecule has 0 saturated heterocycles. The van der Waals surface area contributed by atoms with Crippen molar-refractivity contribution in [2.45, 2.75) is 212 Å². The maximum Gasteiger partial charge on any atom is 0.220 e. The van der Waals surface area contributed by atoms with Crippen LogP contribution in [0, 0.1) is 0 Å². The maximum atomic E-state index is 12.4. The van der Waals surface area contributed by atoms with Crippen molar-refractivity contribution < 1.29 is 20.1 Å². The molecule has 0 saturated carbocycles. The predicted molar refractivity (Wildman–Crippen MR) is 199 cm³/mol. The van der Waals surface area contributed by atoms with Gasteiger partial charge in [-0.25, -0.2) is 0 Å². The third kappa shape index (κ3) is 31.2. The van der Waals surface area contributed by atoms with Gasteiger partial charge in [0.1, 0.15) is 6.10 Å². The zero-order valence-corrected chi connectivity index (χ0v) is 30.5. The van der Waals surface area contributed by atoms with Crippen LogP contribution in [-0.4, -0.2) is 46.1 Å². The lowest BCUT2D eigenvalue weighted by Gasteiger charge is -2.26. The molecule has 3 unspecified atom stereocenters. The van der Waals surface area contributed by atoms with Crippen LogP contribution in [0.25, 0.3) is 0 Å². The van der Waals surface area contributed by atoms with Crippen LogP contribution in [0.3, 0.4) is 0 Å². The topological polar surface area (TPSA) is 89.8 Å². The van der Waals surface area contributed by atoms with Crippen molar-refractivity contribution in [1.29, 1.82) is 0 Å². The number of nitrogens with one attached hydrogen (secondary N) is 1. The monoisotopic (exact) mass is 648 g/mol. The van der Waals surface area contributed by atoms with E-state index in [9.17, 15) is 20.1 Å². The van der Waals surface area contributed by atoms with Gasteiger partial charge in [-0.15, -0.1) is 0 Å². The molecular weight excluding hydrogens is 570 g/mol. The molecule has 0 aromatic heterocycles. The van der Waals surface area contributed by atoms with Crippen LogP contribution in [0.2, 0.25) is 0 Å². The number of unbranched alkanes of at least 4 members (excludes halogenated alkanes) is 21. The predicted octanol–water partition coefficient (Wildman–Crippen LogP) is 10.8. The Labute approximate surface area is 285 Å². The Morgan fingerprint density at radius 3 is 1.50 bits per heavy atom. The van der Waals surface area contributed by atoms with Crippen molar-refractivity contribution in [1.82, 2.24) is 5.32 Å². The van der Waals surface area contributed by atoms with Crippen molar-refractivity contribution in [3.05, 3.63) is 36.5 Å². The van der Waals surface area contributed by atoms with Crippen LogP contribution in [-0.2, 0) is 4.79 Å². The van der Waals surface area contributed by atoms with E-state index in [2.05, 4.69) is 55.6 Å². The highest BCUT2D eigenvalue weighted by Crippen LogP contribution is 2.15. The number of carbonyl (C=O) groups excluding carboxylic acids is 1. The highest BCUT2D eigenvalue weighted by atomic mass is 16.3. The number of hydrogen-bond acceptors (Lipinski definition) is 4. The van der Waals surface area contributed by atoms with Gasteiger partial charge >= 0.3 is 0 Å². The third-order valence-electron chi connectivity index (χ3n) is 8.98. The first-order valence-corrected chi connectivity index (χ1v) is 19.8. The van der Waals surface area contributed by atoms with E-state index in [4.69, 9.17) is 0 Å². The summed E-state index contributed by atoms with van der Waals surface area (Å²) in [4.78, 5) is 12.4. The molecule has 270 valence electrons. The Kier molecular flexibility index (Phi) is 35.3. The van der Waals surface area contributed by atoms with Gasteiger partial charge in [-0.05, 0) is 64.2 Å². The Morgan fingerprint density at radius 2 is 1.00 bits per heavy atom. The zero-order valence-electron chi connectivity index (χ0n) is 30.5. The molecule has 5 heteroatoms. The fraction of sp³-hybridized carbons (Fsp3) is 0.829. The smallest absolute Gasteiger partial charge is 0.220 e. The Morgan fingerprint density at radius 1 is 0.565 bits per heavy atom. The summed E-state index contributed by atoms with van der Waals surface area (Å²) in [5.41, 5.74) is 0. The molecular formula is C41H77NO4. The molecule has 0 heterocycles. The van der Waals surface area contributed by atoms with Gasteiger partial charge in [-0.2, -0.15) is 0 Å². The molecule has 3 atom stereocenters. The highest BCUT2D eigenvalue weighted by Gasteiger charge is 2.26. The molecule has 4 N–H and O–H groups in total. The number of allylic oxidation sites excluding steroid dienone is 6. The Balaban J connectivity index is 3.64. The quantitative estimate of drug-likeness (QED) is 0.0407. The van der Waals surface area contributed by atoms with Gasteiger partial charge < -0.3 is 20.6 Å². The zero-order chi connectivity index (χ0) is 33.8. The Bertz CT molecular complexity index is 719. The lowest BCUT2D eigenvalue weighted by Crippen LogP contribution is -2.50. The number of aliphatic hydroxyl groups excluding tert-OH is 3. The van der Waals surface area contributed by atoms with Crippen LogP contribution in [0.4, 0.5) is 0 Å². The first kappa shape index (κ1) is 44.6. The second-order valence-electron chi connectivity index (χ2n) is 13.4. The molecule has 0 aliphatic rings. The van der Waals surface area contributed by atoms with Crippen LogP contribution in [0.5, 0.6) is 0 Å². The number of rotatable bonds is 35. The van der Waals surface area contributed by atoms with Crippen molar-refractivity contribution in [3.63, 3.8) is 0 Å². The average molecular weight is 648 g/mol. The minimum Gasteiger partial charge on any atom is -0.394 e. The molecule has 0 bridgehead atoms. The van der Waals surface area contributed by atoms with Gasteiger partial charge in [0.2, 0.25) is 5.91 Å². The minimum atomic E-state index is -1.16. The van der Waals surface area contributed by atoms with Crippen molar-refractivity contribution in [2.75, 3.05) is 6.61 Å². The van der Waals surface area contributed by atoms with Gasteiger partial charge in [-0.1, -0.05) is 159 Å². The second-order valence-corrected chi connectivity index (χ2v) is 13.4. The summed E-state index contributed by atoms with van der Waals surface area (Å²) >= 11 is 0. The van der Waals surface area contributed by atoms with Gasteiger partial charge in [-0.3, -0.25) is 4.79 Å². The van der Waals surface area contributed by atoms with Gasteiger partial charge in [0.05, 0.1) is 18.8 Å². The number of amides is 1. The maximum absolute atomic E-state index is 12.4. The van der Waals surface area contributed by atoms with Crippen molar-refractivity contribution in [2.24, 2.45) is 0 Å². The molecule has 0 aromatic carbocycles. The summed E-state index contributed by atoms with van der Waals surface area (Å²) in [7, 11) is 0. The van der Waals surface area contributed by atoms with Gasteiger partial charge in [0.25, 0.3) is 0 Å². The fourth-order valence-electron chi connectivity index (χ4n) is 5.90. The molecule has 1 amide bonds. The third-order valence-corrected chi connectivity index (χ3v) is 8.98. The molecule has 0 aliphatic heterocycles. The van der Waals surface area contributed by atoms with E-state index in [1.54, 1.807) is 0 Å². The van der Waals surface area contributed by atoms with Gasteiger partial charge in [0, 0.05) is 6.42 Å². The SMILES string of the molecule is CC/C=C\C/C=C\CCCCCCCCCCCCCCCCC(=O)NC(CO)C(O)C(O)CCC/C=C/CCCCCCCC. The van der Waals surface area contributed by atoms with Crippen LogP contribution >= 0.6 is 0 Å². The molecule has 0 rings (SSSR count). The molecule has 0 aliphatic carbocycles. The molecule has 46 heavy (non-hydrogen) atoms. The fourth-order valence-corrected chi connectivity index (χ4v) is 5.90. The average Bonchev–Trinajstić information content (AvgIpc) is 3.06. The molecule has 0 fully saturated rings. The largest absolute Gasteiger partial charge is 0.394 e. The normalized spacial score (nSPS) is 14.1. The van der Waals surface area contributed by atoms with Crippen molar-refractivity contribution >= 4 is 5.91 Å². The van der Waals surface area contributed by atoms with Crippen molar-refractivity contribution in [3.8, 4) is 0 Å². The van der Waals surface area contributed by atoms with E-state index in [1.807, 2.05) is 0 Å². The molecule has 0 spiro atoms. The van der Waals surface area contributed by atoms with E-state index in [0.29, 0.717) is 12.8 Å². The van der Waals surface area contributed by atoms with E-state index < -0.39 is 18.2 Å². The summed E-state index contributed by atoms with van der Waals surface area (Å²) < 4.78 is 0. The van der Waals surface area contributed by atoms with E-state index in [-0.39, 0.29) is 12.5 Å². The molecule has 5 nitrogen and oxygen atoms in total. The lowest BCUT2D eigenvalue weighted by atomic mass is 10.0. The van der Waals surface area contributed by atoms with Crippen LogP contribution in [0.15, 0.2) is 36.5 Å². The summed E-state index contributed by atoms with van der Waals surface area (Å²) in [5, 5.41) is 33.3. The van der Waals surface area contributed by atoms with E-state index in [0.717, 1.165) is 51.4 Å². The molecule has 0 aromatic rings. The lowest BCUT2D eigenvalue weighted by molar-refractivity contribution is -0.124. The number of carbonyl (C=O) groups is 1. The number of hydrogen-bond donors (Lipinski definition) is 4. The Hall–Kier alpha value is -1.43. The summed E-state index contributed by atoms with van der Waals surface area (Å²) in [5.74, 6) is -0.157. The first-order valence-electron chi connectivity index (χ1n) is 19.8. The van der Waals surface area contributed by atoms with Crippen LogP contribution < -0.4 is 5.32 Å². The minimum absolute atomic E-state index is 0.157. The summed E-state index contributed by atoms with van der Waals surface area (Å²) in [6.45, 7) is 4.04. The van der Waals surface area contributed by atoms with E-state index in [1.165, 1.54) is 116 Å². The van der Waals surface area contributed by atoms with Gasteiger partial charge in [0.15, 0.2) is 0 Å². The summed E-state index contributed by atoms with van der Waals surface area (Å²) in [6.07, 6.45) is 43.9. The number of aliphatic hydroxyl groups is 3. The standard InChI is InChI=1S/C41H77NO4/c1-3-5-7-9-11-13-15-16-17-18-19-20-21-22-23-24-26-28-30-32-34-36-40(45)42-38(37-43)41(46)39(44)35-33-31-29-27-25-14-12-10-8-6-4-2/h5,7,11,13,27,29,38-39,41,43-44,46H,3-4,6,8-10,12,14-26,28,30-37H2,1-2H3,(H,42,45)/b7-5-,13-11-,29-27+. The molecule has 0 radical (unpaired) electrons. The summed E-state index contributed by atoms with van der Waals surface area (Å²) in [6, 6.07) is -0.823. The first-order chi connectivity index (χ1) is 22.6.